The summed E-state index contributed by atoms with van der Waals surface area (Å²) in [5.74, 6) is 0.0998. The summed E-state index contributed by atoms with van der Waals surface area (Å²) in [6.45, 7) is 1.60. The van der Waals surface area contributed by atoms with E-state index in [1.807, 2.05) is 31.3 Å². The van der Waals surface area contributed by atoms with Gasteiger partial charge in [0.25, 0.3) is 0 Å². The minimum Gasteiger partial charge on any atom is -0.343 e. The van der Waals surface area contributed by atoms with E-state index in [9.17, 15) is 4.79 Å². The number of benzene rings is 2. The van der Waals surface area contributed by atoms with Crippen LogP contribution in [0.2, 0.25) is 0 Å². The second-order valence-electron chi connectivity index (χ2n) is 4.51. The third kappa shape index (κ3) is 2.19. The Kier molecular flexibility index (Phi) is 3.15. The first-order chi connectivity index (χ1) is 9.06. The minimum atomic E-state index is 0.0998. The van der Waals surface area contributed by atoms with Crippen LogP contribution in [-0.2, 0) is 0 Å². The molecule has 19 heavy (non-hydrogen) atoms. The topological polar surface area (TPSA) is 20.3 Å². The highest BCUT2D eigenvalue weighted by Gasteiger charge is 2.21. The van der Waals surface area contributed by atoms with E-state index in [4.69, 9.17) is 0 Å². The Balaban J connectivity index is 2.13. The smallest absolute Gasteiger partial charge is 0.159 e. The maximum Gasteiger partial charge on any atom is 0.159 e. The van der Waals surface area contributed by atoms with Gasteiger partial charge in [0.2, 0.25) is 0 Å². The summed E-state index contributed by atoms with van der Waals surface area (Å²) in [4.78, 5) is 16.0. The molecule has 4 heteroatoms. The molecule has 2 aromatic rings. The zero-order valence-electron chi connectivity index (χ0n) is 10.6. The molecule has 0 saturated heterocycles. The SMILES string of the molecule is CC(=O)c1ccc2c(c1)N(C)c1ccc(Br)cc1S2. The third-order valence-electron chi connectivity index (χ3n) is 3.23. The molecule has 0 aliphatic carbocycles. The number of Topliss-reactive ketones (excluding diaryl/α,β-unsaturated/α-hetero) is 1. The summed E-state index contributed by atoms with van der Waals surface area (Å²) in [5.41, 5.74) is 3.01. The standard InChI is InChI=1S/C15H12BrNOS/c1-9(18)10-3-6-14-13(7-10)17(2)12-5-4-11(16)8-15(12)19-14/h3-8H,1-2H3. The Bertz CT molecular complexity index is 684. The second kappa shape index (κ2) is 4.69. The average molecular weight is 334 g/mol. The molecule has 0 unspecified atom stereocenters. The first kappa shape index (κ1) is 12.8. The molecule has 96 valence electrons. The number of anilines is 2. The van der Waals surface area contributed by atoms with E-state index in [1.165, 1.54) is 15.5 Å². The molecular formula is C15H12BrNOS. The Morgan fingerprint density at radius 1 is 1.11 bits per heavy atom. The van der Waals surface area contributed by atoms with E-state index in [-0.39, 0.29) is 5.78 Å². The molecule has 0 radical (unpaired) electrons. The van der Waals surface area contributed by atoms with Gasteiger partial charge in [-0.25, -0.2) is 0 Å². The molecule has 0 spiro atoms. The molecule has 0 atom stereocenters. The Morgan fingerprint density at radius 2 is 1.89 bits per heavy atom. The first-order valence-corrected chi connectivity index (χ1v) is 7.53. The Hall–Kier alpha value is -1.26. The number of halogens is 1. The average Bonchev–Trinajstić information content (AvgIpc) is 2.38. The van der Waals surface area contributed by atoms with E-state index in [2.05, 4.69) is 33.0 Å². The number of carbonyl (C=O) groups excluding carboxylic acids is 1. The van der Waals surface area contributed by atoms with E-state index in [0.717, 1.165) is 15.7 Å². The van der Waals surface area contributed by atoms with Gasteiger partial charge in [0.15, 0.2) is 5.78 Å². The molecule has 0 bridgehead atoms. The molecule has 3 rings (SSSR count). The lowest BCUT2D eigenvalue weighted by atomic mass is 10.1. The van der Waals surface area contributed by atoms with Gasteiger partial charge in [-0.3, -0.25) is 4.79 Å². The van der Waals surface area contributed by atoms with Gasteiger partial charge in [-0.2, -0.15) is 0 Å². The van der Waals surface area contributed by atoms with Crippen molar-refractivity contribution in [1.82, 2.24) is 0 Å². The predicted octanol–water partition coefficient (Wildman–Crippen LogP) is 4.88. The quantitative estimate of drug-likeness (QED) is 0.693. The molecule has 0 N–H and O–H groups in total. The molecule has 0 saturated carbocycles. The lowest BCUT2D eigenvalue weighted by molar-refractivity contribution is 0.101. The van der Waals surface area contributed by atoms with Crippen LogP contribution < -0.4 is 4.90 Å². The van der Waals surface area contributed by atoms with Crippen LogP contribution in [0, 0.1) is 0 Å². The van der Waals surface area contributed by atoms with E-state index < -0.39 is 0 Å². The van der Waals surface area contributed by atoms with Gasteiger partial charge >= 0.3 is 0 Å². The van der Waals surface area contributed by atoms with Crippen LogP contribution in [0.3, 0.4) is 0 Å². The van der Waals surface area contributed by atoms with E-state index in [0.29, 0.717) is 0 Å². The van der Waals surface area contributed by atoms with Gasteiger partial charge in [0.1, 0.15) is 0 Å². The van der Waals surface area contributed by atoms with Crippen molar-refractivity contribution in [3.05, 3.63) is 46.4 Å². The third-order valence-corrected chi connectivity index (χ3v) is 4.84. The summed E-state index contributed by atoms with van der Waals surface area (Å²) in [7, 11) is 2.04. The lowest BCUT2D eigenvalue weighted by Crippen LogP contribution is -2.15. The van der Waals surface area contributed by atoms with E-state index in [1.54, 1.807) is 18.7 Å². The normalized spacial score (nSPS) is 12.9. The summed E-state index contributed by atoms with van der Waals surface area (Å²) < 4.78 is 1.08. The molecule has 2 aromatic carbocycles. The monoisotopic (exact) mass is 333 g/mol. The fourth-order valence-corrected chi connectivity index (χ4v) is 3.86. The molecule has 1 aliphatic heterocycles. The highest BCUT2D eigenvalue weighted by atomic mass is 79.9. The van der Waals surface area contributed by atoms with Crippen molar-refractivity contribution >= 4 is 44.8 Å². The Labute approximate surface area is 124 Å². The van der Waals surface area contributed by atoms with Crippen molar-refractivity contribution in [3.8, 4) is 0 Å². The van der Waals surface area contributed by atoms with Gasteiger partial charge in [0.05, 0.1) is 11.4 Å². The molecule has 0 amide bonds. The van der Waals surface area contributed by atoms with Crippen LogP contribution in [0.5, 0.6) is 0 Å². The van der Waals surface area contributed by atoms with Crippen molar-refractivity contribution in [3.63, 3.8) is 0 Å². The van der Waals surface area contributed by atoms with Crippen molar-refractivity contribution in [2.75, 3.05) is 11.9 Å². The summed E-state index contributed by atoms with van der Waals surface area (Å²) >= 11 is 5.24. The lowest BCUT2D eigenvalue weighted by Gasteiger charge is -2.29. The molecule has 0 fully saturated rings. The fraction of sp³-hybridized carbons (Fsp3) is 0.133. The number of ketones is 1. The largest absolute Gasteiger partial charge is 0.343 e. The molecule has 1 aliphatic rings. The van der Waals surface area contributed by atoms with Crippen molar-refractivity contribution in [1.29, 1.82) is 0 Å². The maximum absolute atomic E-state index is 11.5. The van der Waals surface area contributed by atoms with Crippen LogP contribution in [0.15, 0.2) is 50.7 Å². The zero-order valence-corrected chi connectivity index (χ0v) is 13.0. The van der Waals surface area contributed by atoms with Crippen LogP contribution in [-0.4, -0.2) is 12.8 Å². The number of fused-ring (bicyclic) bond motifs is 2. The molecule has 2 nitrogen and oxygen atoms in total. The van der Waals surface area contributed by atoms with Crippen LogP contribution in [0.1, 0.15) is 17.3 Å². The number of rotatable bonds is 1. The van der Waals surface area contributed by atoms with E-state index >= 15 is 0 Å². The number of hydrogen-bond donors (Lipinski definition) is 0. The van der Waals surface area contributed by atoms with Crippen LogP contribution in [0.25, 0.3) is 0 Å². The van der Waals surface area contributed by atoms with Crippen molar-refractivity contribution in [2.24, 2.45) is 0 Å². The maximum atomic E-state index is 11.5. The number of hydrogen-bond acceptors (Lipinski definition) is 3. The van der Waals surface area contributed by atoms with Crippen molar-refractivity contribution in [2.45, 2.75) is 16.7 Å². The predicted molar refractivity (Wildman–Crippen MR) is 82.8 cm³/mol. The summed E-state index contributed by atoms with van der Waals surface area (Å²) in [6.07, 6.45) is 0. The van der Waals surface area contributed by atoms with Gasteiger partial charge < -0.3 is 4.90 Å². The number of nitrogens with zero attached hydrogens (tertiary/aromatic N) is 1. The fourth-order valence-electron chi connectivity index (χ4n) is 2.18. The van der Waals surface area contributed by atoms with Gasteiger partial charge in [-0.1, -0.05) is 33.8 Å². The Morgan fingerprint density at radius 3 is 2.63 bits per heavy atom. The highest BCUT2D eigenvalue weighted by molar-refractivity contribution is 9.10. The number of carbonyl (C=O) groups is 1. The van der Waals surface area contributed by atoms with Crippen LogP contribution in [0.4, 0.5) is 11.4 Å². The summed E-state index contributed by atoms with van der Waals surface area (Å²) in [6, 6.07) is 12.1. The summed E-state index contributed by atoms with van der Waals surface area (Å²) in [5, 5.41) is 0. The van der Waals surface area contributed by atoms with Crippen molar-refractivity contribution < 1.29 is 4.79 Å². The van der Waals surface area contributed by atoms with Gasteiger partial charge in [-0.05, 0) is 37.3 Å². The van der Waals surface area contributed by atoms with Gasteiger partial charge in [0, 0.05) is 26.9 Å². The molecule has 1 heterocycles. The zero-order chi connectivity index (χ0) is 13.6. The van der Waals surface area contributed by atoms with Crippen LogP contribution >= 0.6 is 27.7 Å². The molecular weight excluding hydrogens is 322 g/mol. The molecule has 0 aromatic heterocycles. The first-order valence-electron chi connectivity index (χ1n) is 5.92. The highest BCUT2D eigenvalue weighted by Crippen LogP contribution is 2.48. The second-order valence-corrected chi connectivity index (χ2v) is 6.51. The minimum absolute atomic E-state index is 0.0998. The van der Waals surface area contributed by atoms with Gasteiger partial charge in [-0.15, -0.1) is 0 Å².